The molecule has 8 N–H and O–H groups in total. The second-order valence-corrected chi connectivity index (χ2v) is 6.78. The van der Waals surface area contributed by atoms with Crippen molar-refractivity contribution in [3.8, 4) is 11.5 Å². The summed E-state index contributed by atoms with van der Waals surface area (Å²) in [7, 11) is 0. The molecule has 0 spiro atoms. The molecule has 13 heteroatoms. The number of nitrogens with one attached hydrogen (secondary N) is 2. The molecule has 3 rings (SSSR count). The standard InChI is InChI=1S/C14H15N3O4.C6H9N3O2.Cr/c1-8(11-3-2-10(18)5-13(11)19)17-12(14(20)21)4-9-6-15-7-16-9;7-5(6(10)11)1-4-2-8-3-9-4;/h2-3,5-7,12,18-19H,4H2,1H3,(H,15,16)(H,20,21);2-3,5H,1,7H2,(H,8,9)(H,10,11);/q;;+3. The van der Waals surface area contributed by atoms with E-state index in [2.05, 4.69) is 24.9 Å². The molecule has 0 aliphatic rings. The van der Waals surface area contributed by atoms with Crippen LogP contribution in [-0.2, 0) is 39.8 Å². The van der Waals surface area contributed by atoms with Crippen molar-refractivity contribution in [3.63, 3.8) is 0 Å². The maximum Gasteiger partial charge on any atom is 3.00 e. The summed E-state index contributed by atoms with van der Waals surface area (Å²) < 4.78 is 0. The van der Waals surface area contributed by atoms with Crippen molar-refractivity contribution in [2.75, 3.05) is 0 Å². The van der Waals surface area contributed by atoms with E-state index in [1.165, 1.54) is 30.9 Å². The number of rotatable bonds is 8. The van der Waals surface area contributed by atoms with E-state index in [4.69, 9.17) is 10.8 Å². The average molecular weight is 496 g/mol. The monoisotopic (exact) mass is 496 g/mol. The van der Waals surface area contributed by atoms with Crippen molar-refractivity contribution in [1.82, 2.24) is 19.9 Å². The van der Waals surface area contributed by atoms with Gasteiger partial charge in [-0.1, -0.05) is 0 Å². The van der Waals surface area contributed by atoms with Crippen LogP contribution in [-0.4, -0.2) is 70.1 Å². The number of carboxylic acids is 2. The topological polar surface area (TPSA) is 211 Å². The number of hydrogen-bond donors (Lipinski definition) is 7. The molecule has 2 aromatic heterocycles. The minimum atomic E-state index is -1.07. The first-order valence-electron chi connectivity index (χ1n) is 9.39. The number of phenols is 2. The largest absolute Gasteiger partial charge is 3.00 e. The Labute approximate surface area is 199 Å². The minimum absolute atomic E-state index is 0. The molecule has 0 bridgehead atoms. The Hall–Kier alpha value is -3.66. The van der Waals surface area contributed by atoms with Crippen LogP contribution in [0, 0.1) is 0 Å². The van der Waals surface area contributed by atoms with Gasteiger partial charge >= 0.3 is 29.3 Å². The number of aromatic nitrogens is 4. The zero-order chi connectivity index (χ0) is 23.7. The van der Waals surface area contributed by atoms with Crippen LogP contribution >= 0.6 is 0 Å². The van der Waals surface area contributed by atoms with E-state index >= 15 is 0 Å². The zero-order valence-corrected chi connectivity index (χ0v) is 18.8. The Morgan fingerprint density at radius 3 is 2.06 bits per heavy atom. The quantitative estimate of drug-likeness (QED) is 0.218. The molecule has 1 aromatic carbocycles. The van der Waals surface area contributed by atoms with Crippen LogP contribution in [0.2, 0.25) is 0 Å². The number of aliphatic imine (C=N–C) groups is 1. The molecular formula is C20H24CrN6O6+3. The maximum absolute atomic E-state index is 11.3. The Balaban J connectivity index is 0.000000385. The molecular weight excluding hydrogens is 472 g/mol. The van der Waals surface area contributed by atoms with Crippen LogP contribution in [0.4, 0.5) is 0 Å². The summed E-state index contributed by atoms with van der Waals surface area (Å²) in [5.74, 6) is -2.29. The average Bonchev–Trinajstić information content (AvgIpc) is 3.42. The molecule has 0 aliphatic carbocycles. The molecule has 2 unspecified atom stereocenters. The van der Waals surface area contributed by atoms with Gasteiger partial charge in [0.25, 0.3) is 0 Å². The third-order valence-electron chi connectivity index (χ3n) is 4.29. The molecule has 2 heterocycles. The van der Waals surface area contributed by atoms with E-state index in [0.717, 1.165) is 5.69 Å². The number of H-pyrrole nitrogens is 2. The molecule has 0 saturated carbocycles. The van der Waals surface area contributed by atoms with Crippen LogP contribution in [0.1, 0.15) is 23.9 Å². The molecule has 12 nitrogen and oxygen atoms in total. The van der Waals surface area contributed by atoms with Gasteiger partial charge in [0.15, 0.2) is 6.04 Å². The first kappa shape index (κ1) is 27.4. The smallest absolute Gasteiger partial charge is 0.508 e. The maximum atomic E-state index is 11.3. The zero-order valence-electron chi connectivity index (χ0n) is 17.5. The Kier molecular flexibility index (Phi) is 10.8. The Morgan fingerprint density at radius 2 is 1.61 bits per heavy atom. The number of aromatic hydroxyl groups is 2. The molecule has 33 heavy (non-hydrogen) atoms. The number of benzene rings is 1. The SMILES string of the molecule is CC(=NC(Cc1cnc[nH]1)C(=O)O)c1ccc(O)cc1O.NC(Cc1cnc[nH]1)C(=O)O.[Cr+3]. The summed E-state index contributed by atoms with van der Waals surface area (Å²) >= 11 is 0. The van der Waals surface area contributed by atoms with Crippen molar-refractivity contribution in [2.24, 2.45) is 10.7 Å². The number of imidazole rings is 2. The summed E-state index contributed by atoms with van der Waals surface area (Å²) in [5.41, 5.74) is 7.41. The van der Waals surface area contributed by atoms with Gasteiger partial charge in [-0.25, -0.2) is 14.8 Å². The van der Waals surface area contributed by atoms with Gasteiger partial charge in [-0.15, -0.1) is 0 Å². The third-order valence-corrected chi connectivity index (χ3v) is 4.29. The molecule has 0 amide bonds. The van der Waals surface area contributed by atoms with E-state index in [1.54, 1.807) is 19.3 Å². The van der Waals surface area contributed by atoms with Gasteiger partial charge in [-0.2, -0.15) is 0 Å². The number of nitrogens with zero attached hydrogens (tertiary/aromatic N) is 3. The Bertz CT molecular complexity index is 1060. The number of phenolic OH excluding ortho intramolecular Hbond substituents is 2. The Morgan fingerprint density at radius 1 is 1.03 bits per heavy atom. The summed E-state index contributed by atoms with van der Waals surface area (Å²) in [5, 5.41) is 36.7. The molecule has 1 radical (unpaired) electrons. The van der Waals surface area contributed by atoms with Crippen molar-refractivity contribution in [2.45, 2.75) is 31.8 Å². The molecule has 173 valence electrons. The molecule has 0 fully saturated rings. The number of carbonyl (C=O) groups is 2. The van der Waals surface area contributed by atoms with Crippen molar-refractivity contribution in [3.05, 3.63) is 60.2 Å². The number of hydrogen-bond acceptors (Lipinski definition) is 8. The summed E-state index contributed by atoms with van der Waals surface area (Å²) in [6, 6.07) is 2.23. The van der Waals surface area contributed by atoms with Crippen molar-refractivity contribution < 1.29 is 47.4 Å². The third kappa shape index (κ3) is 8.78. The van der Waals surface area contributed by atoms with Gasteiger partial charge in [-0.05, 0) is 19.1 Å². The number of aromatic amines is 2. The first-order chi connectivity index (χ1) is 15.2. The predicted molar refractivity (Wildman–Crippen MR) is 114 cm³/mol. The van der Waals surface area contributed by atoms with E-state index in [-0.39, 0.29) is 41.7 Å². The first-order valence-corrected chi connectivity index (χ1v) is 9.39. The van der Waals surface area contributed by atoms with Gasteiger partial charge in [0, 0.05) is 54.0 Å². The molecule has 0 aliphatic heterocycles. The minimum Gasteiger partial charge on any atom is -0.508 e. The number of carboxylic acid groups (broad SMARTS) is 2. The number of aliphatic carboxylic acids is 2. The fourth-order valence-electron chi connectivity index (χ4n) is 2.64. The molecule has 2 atom stereocenters. The van der Waals surface area contributed by atoms with Gasteiger partial charge in [0.1, 0.15) is 17.5 Å². The van der Waals surface area contributed by atoms with Crippen molar-refractivity contribution in [1.29, 1.82) is 0 Å². The predicted octanol–water partition coefficient (Wildman–Crippen LogP) is 0.687. The van der Waals surface area contributed by atoms with E-state index in [1.807, 2.05) is 0 Å². The second-order valence-electron chi connectivity index (χ2n) is 6.78. The van der Waals surface area contributed by atoms with Gasteiger partial charge in [0.05, 0.1) is 12.7 Å². The second kappa shape index (κ2) is 13.0. The van der Waals surface area contributed by atoms with Crippen molar-refractivity contribution >= 4 is 17.7 Å². The summed E-state index contributed by atoms with van der Waals surface area (Å²) in [6.45, 7) is 1.61. The van der Waals surface area contributed by atoms with Crippen LogP contribution in [0.3, 0.4) is 0 Å². The van der Waals surface area contributed by atoms with Gasteiger partial charge < -0.3 is 36.1 Å². The summed E-state index contributed by atoms with van der Waals surface area (Å²) in [6.07, 6.45) is 6.52. The van der Waals surface area contributed by atoms with E-state index in [0.29, 0.717) is 17.0 Å². The van der Waals surface area contributed by atoms with Crippen LogP contribution in [0.15, 0.2) is 48.2 Å². The van der Waals surface area contributed by atoms with Crippen LogP contribution in [0.5, 0.6) is 11.5 Å². The fraction of sp³-hybridized carbons (Fsp3) is 0.250. The molecule has 3 aromatic rings. The van der Waals surface area contributed by atoms with Gasteiger partial charge in [-0.3, -0.25) is 9.79 Å². The molecule has 0 saturated heterocycles. The van der Waals surface area contributed by atoms with Crippen LogP contribution < -0.4 is 5.73 Å². The number of nitrogens with two attached hydrogens (primary N) is 1. The summed E-state index contributed by atoms with van der Waals surface area (Å²) in [4.78, 5) is 38.9. The fourth-order valence-corrected chi connectivity index (χ4v) is 2.64. The van der Waals surface area contributed by atoms with E-state index < -0.39 is 24.0 Å². The van der Waals surface area contributed by atoms with Crippen LogP contribution in [0.25, 0.3) is 0 Å². The van der Waals surface area contributed by atoms with Gasteiger partial charge in [0.2, 0.25) is 0 Å². The normalized spacial score (nSPS) is 12.6. The van der Waals surface area contributed by atoms with E-state index in [9.17, 15) is 24.9 Å².